The van der Waals surface area contributed by atoms with Crippen molar-refractivity contribution in [3.8, 4) is 135 Å². The Morgan fingerprint density at radius 3 is 0.820 bits per heavy atom. The van der Waals surface area contributed by atoms with Crippen molar-refractivity contribution in [1.29, 1.82) is 0 Å². The SMILES string of the molecule is [2H]c1c([2H])c([2H])c(-c2nc(-c3cccc(-c4ccc5cc(-c6ccccc6)ccc5c4)c3)nc(-c3cc(-c4ccccc4)c4ccccc4c3)n2)c([2H])c1[2H].c1ccc(-c2ccc3cc(-c4cccc(-c5nc(-c6ccccc6)nc(-c6cc(-c7ccccc7)c7ccccc7c6)n5)c4)ccc3c2)cc1. The number of hydrogen-bond acceptors (Lipinski definition) is 6. The molecule has 0 saturated carbocycles. The van der Waals surface area contributed by atoms with Crippen LogP contribution in [-0.4, -0.2) is 29.9 Å². The van der Waals surface area contributed by atoms with Crippen molar-refractivity contribution in [2.45, 2.75) is 0 Å². The van der Waals surface area contributed by atoms with Crippen molar-refractivity contribution in [2.24, 2.45) is 0 Å². The van der Waals surface area contributed by atoms with Gasteiger partial charge in [0.1, 0.15) is 0 Å². The molecule has 16 aromatic carbocycles. The Kier molecular flexibility index (Phi) is 14.8. The summed E-state index contributed by atoms with van der Waals surface area (Å²) in [5, 5.41) is 9.05. The van der Waals surface area contributed by atoms with Crippen molar-refractivity contribution in [3.05, 3.63) is 376 Å². The molecular weight excluding hydrogens is 1210 g/mol. The van der Waals surface area contributed by atoms with Crippen LogP contribution in [0, 0.1) is 0 Å². The molecule has 0 atom stereocenters. The van der Waals surface area contributed by atoms with Crippen molar-refractivity contribution in [2.75, 3.05) is 0 Å². The number of benzene rings is 16. The summed E-state index contributed by atoms with van der Waals surface area (Å²) in [5.41, 5.74) is 17.5. The molecule has 0 saturated heterocycles. The third-order valence-electron chi connectivity index (χ3n) is 18.2. The first-order chi connectivity index (χ1) is 51.6. The molecule has 0 bridgehead atoms. The van der Waals surface area contributed by atoms with E-state index in [2.05, 4.69) is 218 Å². The van der Waals surface area contributed by atoms with Gasteiger partial charge in [-0.1, -0.05) is 315 Å². The molecule has 0 unspecified atom stereocenters. The molecule has 2 aromatic heterocycles. The van der Waals surface area contributed by atoms with Gasteiger partial charge in [0.2, 0.25) is 0 Å². The molecule has 0 fully saturated rings. The summed E-state index contributed by atoms with van der Waals surface area (Å²) >= 11 is 0. The molecule has 0 N–H and O–H groups in total. The number of rotatable bonds is 12. The Hall–Kier alpha value is -13.4. The average Bonchev–Trinajstić information content (AvgIpc) is 0.768. The standard InChI is InChI=1S/2C47H31N3/c2*1-4-13-32(14-5-1)36-23-24-39-28-37(25-26-38(39)27-36)35-20-12-21-41(29-35)46-48-45(34-17-8-3-9-18-34)49-47(50-46)42-30-40-19-10-11-22-43(40)44(31-42)33-15-6-2-7-16-33/h2*1-31H/i3D,8D,9D,17D,18D;. The van der Waals surface area contributed by atoms with E-state index in [0.29, 0.717) is 40.2 Å². The minimum Gasteiger partial charge on any atom is -0.208 e. The minimum absolute atomic E-state index is 0.00301. The van der Waals surface area contributed by atoms with E-state index in [-0.39, 0.29) is 23.5 Å². The van der Waals surface area contributed by atoms with E-state index in [0.717, 1.165) is 93.7 Å². The van der Waals surface area contributed by atoms with Gasteiger partial charge in [-0.3, -0.25) is 0 Å². The van der Waals surface area contributed by atoms with Gasteiger partial charge in [0.05, 0.1) is 6.85 Å². The van der Waals surface area contributed by atoms with E-state index in [9.17, 15) is 0 Å². The second kappa shape index (κ2) is 27.0. The number of fused-ring (bicyclic) bond motifs is 4. The van der Waals surface area contributed by atoms with E-state index in [1.165, 1.54) is 32.8 Å². The van der Waals surface area contributed by atoms with Gasteiger partial charge < -0.3 is 0 Å². The molecule has 0 spiro atoms. The summed E-state index contributed by atoms with van der Waals surface area (Å²) in [5.74, 6) is 2.55. The van der Waals surface area contributed by atoms with Crippen molar-refractivity contribution in [1.82, 2.24) is 29.9 Å². The molecule has 100 heavy (non-hydrogen) atoms. The second-order valence-corrected chi connectivity index (χ2v) is 24.6. The Morgan fingerprint density at radius 1 is 0.160 bits per heavy atom. The zero-order valence-corrected chi connectivity index (χ0v) is 54.1. The van der Waals surface area contributed by atoms with Crippen LogP contribution in [0.25, 0.3) is 178 Å². The summed E-state index contributed by atoms with van der Waals surface area (Å²) in [7, 11) is 0. The lowest BCUT2D eigenvalue weighted by molar-refractivity contribution is 1.07. The molecule has 468 valence electrons. The van der Waals surface area contributed by atoms with Gasteiger partial charge in [-0.15, -0.1) is 0 Å². The third-order valence-corrected chi connectivity index (χ3v) is 18.2. The van der Waals surface area contributed by atoms with Gasteiger partial charge in [0.25, 0.3) is 0 Å². The Labute approximate surface area is 587 Å². The highest BCUT2D eigenvalue weighted by atomic mass is 15.0. The lowest BCUT2D eigenvalue weighted by atomic mass is 9.95. The molecular formula is C94H62N6. The van der Waals surface area contributed by atoms with Crippen LogP contribution in [0.5, 0.6) is 0 Å². The molecule has 2 heterocycles. The first-order valence-corrected chi connectivity index (χ1v) is 33.3. The minimum atomic E-state index is -0.477. The predicted molar refractivity (Wildman–Crippen MR) is 415 cm³/mol. The first kappa shape index (κ1) is 54.8. The molecule has 6 heteroatoms. The van der Waals surface area contributed by atoms with Gasteiger partial charge in [-0.2, -0.15) is 0 Å². The Bertz CT molecular complexity index is 6310. The maximum atomic E-state index is 8.78. The Balaban J connectivity index is 0.000000156. The van der Waals surface area contributed by atoms with E-state index in [1.807, 2.05) is 127 Å². The normalized spacial score (nSPS) is 11.9. The zero-order chi connectivity index (χ0) is 70.9. The molecule has 0 radical (unpaired) electrons. The summed E-state index contributed by atoms with van der Waals surface area (Å²) < 4.78 is 42.5. The van der Waals surface area contributed by atoms with E-state index in [4.69, 9.17) is 36.8 Å². The second-order valence-electron chi connectivity index (χ2n) is 24.6. The fraction of sp³-hybridized carbons (Fsp3) is 0. The molecule has 18 rings (SSSR count). The van der Waals surface area contributed by atoms with Crippen LogP contribution in [0.3, 0.4) is 0 Å². The topological polar surface area (TPSA) is 77.3 Å². The van der Waals surface area contributed by atoms with E-state index >= 15 is 0 Å². The van der Waals surface area contributed by atoms with Crippen LogP contribution in [0.15, 0.2) is 376 Å². The van der Waals surface area contributed by atoms with E-state index in [1.54, 1.807) is 0 Å². The Morgan fingerprint density at radius 2 is 0.430 bits per heavy atom. The number of aromatic nitrogens is 6. The van der Waals surface area contributed by atoms with Gasteiger partial charge in [-0.25, -0.2) is 29.9 Å². The summed E-state index contributed by atoms with van der Waals surface area (Å²) in [6.07, 6.45) is 0. The molecule has 0 aliphatic carbocycles. The molecule has 18 aromatic rings. The maximum absolute atomic E-state index is 8.78. The average molecular weight is 1280 g/mol. The fourth-order valence-corrected chi connectivity index (χ4v) is 13.2. The van der Waals surface area contributed by atoms with Crippen LogP contribution in [0.4, 0.5) is 0 Å². The van der Waals surface area contributed by atoms with Crippen molar-refractivity contribution in [3.63, 3.8) is 0 Å². The third kappa shape index (κ3) is 12.6. The molecule has 6 nitrogen and oxygen atoms in total. The largest absolute Gasteiger partial charge is 0.208 e. The quantitative estimate of drug-likeness (QED) is 0.121. The summed E-state index contributed by atoms with van der Waals surface area (Å²) in [6, 6.07) is 117. The fourth-order valence-electron chi connectivity index (χ4n) is 13.2. The first-order valence-electron chi connectivity index (χ1n) is 35.8. The van der Waals surface area contributed by atoms with Crippen molar-refractivity contribution < 1.29 is 6.85 Å². The highest BCUT2D eigenvalue weighted by molar-refractivity contribution is 6.02. The van der Waals surface area contributed by atoms with E-state index < -0.39 is 18.1 Å². The van der Waals surface area contributed by atoms with Crippen LogP contribution in [0.1, 0.15) is 6.85 Å². The lowest BCUT2D eigenvalue weighted by Crippen LogP contribution is -2.00. The zero-order valence-electron chi connectivity index (χ0n) is 59.1. The molecule has 0 amide bonds. The van der Waals surface area contributed by atoms with Crippen LogP contribution in [-0.2, 0) is 0 Å². The smallest absolute Gasteiger partial charge is 0.164 e. The highest BCUT2D eigenvalue weighted by Crippen LogP contribution is 2.39. The van der Waals surface area contributed by atoms with Gasteiger partial charge >= 0.3 is 0 Å². The predicted octanol–water partition coefficient (Wildman–Crippen LogP) is 24.4. The molecule has 0 aliphatic heterocycles. The monoisotopic (exact) mass is 1280 g/mol. The van der Waals surface area contributed by atoms with Crippen LogP contribution >= 0.6 is 0 Å². The number of nitrogens with zero attached hydrogens (tertiary/aromatic N) is 6. The van der Waals surface area contributed by atoms with Gasteiger partial charge in [0.15, 0.2) is 34.9 Å². The maximum Gasteiger partial charge on any atom is 0.164 e. The van der Waals surface area contributed by atoms with Crippen molar-refractivity contribution >= 4 is 43.1 Å². The molecule has 0 aliphatic rings. The van der Waals surface area contributed by atoms with Gasteiger partial charge in [0, 0.05) is 33.4 Å². The van der Waals surface area contributed by atoms with Crippen LogP contribution < -0.4 is 0 Å². The summed E-state index contributed by atoms with van der Waals surface area (Å²) in [4.78, 5) is 29.9. The van der Waals surface area contributed by atoms with Crippen LogP contribution in [0.2, 0.25) is 0 Å². The summed E-state index contributed by atoms with van der Waals surface area (Å²) in [6.45, 7) is 0. The number of hydrogen-bond donors (Lipinski definition) is 0. The van der Waals surface area contributed by atoms with Gasteiger partial charge in [-0.05, 0) is 171 Å². The highest BCUT2D eigenvalue weighted by Gasteiger charge is 2.19. The lowest BCUT2D eigenvalue weighted by Gasteiger charge is -2.13.